The molecule has 0 unspecified atom stereocenters. The second-order valence-electron chi connectivity index (χ2n) is 4.20. The molecule has 3 rings (SSSR count). The first kappa shape index (κ1) is 15.5. The van der Waals surface area contributed by atoms with E-state index >= 15 is 0 Å². The van der Waals surface area contributed by atoms with Crippen molar-refractivity contribution in [3.63, 3.8) is 0 Å². The number of terminal acetylenes is 1. The van der Waals surface area contributed by atoms with Crippen molar-refractivity contribution in [2.45, 2.75) is 25.4 Å². The number of nitrogen functional groups attached to an aromatic ring is 1. The van der Waals surface area contributed by atoms with Crippen LogP contribution in [0.25, 0.3) is 11.2 Å². The van der Waals surface area contributed by atoms with Gasteiger partial charge in [0, 0.05) is 0 Å². The minimum Gasteiger partial charge on any atom is -0.393 e. The summed E-state index contributed by atoms with van der Waals surface area (Å²) in [6.45, 7) is 3.74. The van der Waals surface area contributed by atoms with Gasteiger partial charge in [0.1, 0.15) is 0 Å². The molecular weight excluding hydrogens is 258 g/mol. The van der Waals surface area contributed by atoms with Crippen molar-refractivity contribution in [1.29, 1.82) is 0 Å². The Morgan fingerprint density at radius 3 is 2.70 bits per heavy atom. The Kier molecular flexibility index (Phi) is 5.50. The van der Waals surface area contributed by atoms with Crippen molar-refractivity contribution in [2.24, 2.45) is 0 Å². The van der Waals surface area contributed by atoms with E-state index in [-0.39, 0.29) is 17.6 Å². The maximum absolute atomic E-state index is 11.0. The van der Waals surface area contributed by atoms with E-state index in [9.17, 15) is 4.79 Å². The number of nitrogens with two attached hydrogens (primary N) is 1. The number of aromatic amines is 2. The number of nitrogens with zero attached hydrogens (tertiary/aromatic N) is 2. The molecule has 0 aromatic carbocycles. The van der Waals surface area contributed by atoms with E-state index in [0.29, 0.717) is 11.2 Å². The first-order valence-corrected chi connectivity index (χ1v) is 5.93. The molecule has 0 amide bonds. The molecule has 2 heterocycles. The van der Waals surface area contributed by atoms with Crippen molar-refractivity contribution >= 4 is 17.1 Å². The van der Waals surface area contributed by atoms with Crippen molar-refractivity contribution in [3.05, 3.63) is 28.8 Å². The summed E-state index contributed by atoms with van der Waals surface area (Å²) in [6, 6.07) is 0. The van der Waals surface area contributed by atoms with Crippen LogP contribution in [-0.2, 0) is 0 Å². The number of imidazole rings is 1. The van der Waals surface area contributed by atoms with Gasteiger partial charge in [0.05, 0.1) is 12.4 Å². The molecule has 0 bridgehead atoms. The molecule has 0 spiro atoms. The molecule has 1 aliphatic rings. The quantitative estimate of drug-likeness (QED) is 0.413. The fourth-order valence-corrected chi connectivity index (χ4v) is 1.77. The van der Waals surface area contributed by atoms with Gasteiger partial charge in [0.15, 0.2) is 11.2 Å². The minimum absolute atomic E-state index is 0.0764. The average molecular weight is 275 g/mol. The zero-order valence-electron chi connectivity index (χ0n) is 11.0. The highest BCUT2D eigenvalue weighted by Gasteiger charge is 2.13. The third kappa shape index (κ3) is 3.96. The van der Waals surface area contributed by atoms with Gasteiger partial charge in [-0.25, -0.2) is 4.98 Å². The van der Waals surface area contributed by atoms with Crippen LogP contribution in [0.1, 0.15) is 19.3 Å². The molecule has 2 aromatic rings. The van der Waals surface area contributed by atoms with Crippen LogP contribution in [0.4, 0.5) is 5.95 Å². The van der Waals surface area contributed by atoms with Crippen molar-refractivity contribution in [3.8, 4) is 12.8 Å². The van der Waals surface area contributed by atoms with Crippen LogP contribution in [0.3, 0.4) is 0 Å². The highest BCUT2D eigenvalue weighted by atomic mass is 16.3. The fourth-order valence-electron chi connectivity index (χ4n) is 1.77. The van der Waals surface area contributed by atoms with Crippen molar-refractivity contribution < 1.29 is 5.11 Å². The third-order valence-corrected chi connectivity index (χ3v) is 2.67. The molecule has 106 valence electrons. The number of H-pyrrole nitrogens is 2. The minimum atomic E-state index is -0.301. The molecule has 0 saturated heterocycles. The van der Waals surface area contributed by atoms with Crippen LogP contribution in [0.2, 0.25) is 0 Å². The Bertz CT molecular complexity index is 655. The molecule has 2 aromatic heterocycles. The molecule has 7 heteroatoms. The molecule has 1 saturated carbocycles. The Balaban J connectivity index is 0.000000193. The maximum Gasteiger partial charge on any atom is 0.278 e. The van der Waals surface area contributed by atoms with Gasteiger partial charge in [0.25, 0.3) is 5.56 Å². The van der Waals surface area contributed by atoms with Crippen molar-refractivity contribution in [1.82, 2.24) is 19.9 Å². The van der Waals surface area contributed by atoms with Gasteiger partial charge in [0.2, 0.25) is 5.95 Å². The van der Waals surface area contributed by atoms with Gasteiger partial charge in [-0.2, -0.15) is 4.98 Å². The molecule has 5 N–H and O–H groups in total. The van der Waals surface area contributed by atoms with Crippen LogP contribution in [0.15, 0.2) is 23.3 Å². The Hall–Kier alpha value is -2.59. The predicted molar refractivity (Wildman–Crippen MR) is 77.8 cm³/mol. The summed E-state index contributed by atoms with van der Waals surface area (Å²) in [5.74, 6) is 0.0783. The molecular formula is C13H17N5O2. The predicted octanol–water partition coefficient (Wildman–Crippen LogP) is 0.565. The molecule has 20 heavy (non-hydrogen) atoms. The largest absolute Gasteiger partial charge is 0.393 e. The lowest BCUT2D eigenvalue weighted by Gasteiger charge is -1.91. The van der Waals surface area contributed by atoms with Crippen molar-refractivity contribution in [2.75, 3.05) is 5.73 Å². The number of hydrogen-bond acceptors (Lipinski definition) is 5. The number of aliphatic hydroxyl groups is 1. The average Bonchev–Trinajstić information content (AvgIpc) is 3.01. The summed E-state index contributed by atoms with van der Waals surface area (Å²) in [5, 5.41) is 8.84. The van der Waals surface area contributed by atoms with Crippen LogP contribution < -0.4 is 11.3 Å². The highest BCUT2D eigenvalue weighted by Crippen LogP contribution is 2.21. The summed E-state index contributed by atoms with van der Waals surface area (Å²) < 4.78 is 0. The lowest BCUT2D eigenvalue weighted by atomic mass is 10.3. The van der Waals surface area contributed by atoms with E-state index in [1.807, 2.05) is 0 Å². The third-order valence-electron chi connectivity index (χ3n) is 2.67. The molecule has 7 nitrogen and oxygen atoms in total. The van der Waals surface area contributed by atoms with Gasteiger partial charge in [-0.05, 0) is 19.3 Å². The van der Waals surface area contributed by atoms with Crippen LogP contribution in [0.5, 0.6) is 0 Å². The normalized spacial score (nSPS) is 16.9. The number of anilines is 1. The number of fused-ring (bicyclic) bond motifs is 1. The summed E-state index contributed by atoms with van der Waals surface area (Å²) in [6.07, 6.45) is 12.1. The standard InChI is InChI=1S/C6H10O.C5H5N5O.C2H2/c1-5-2-3-6(7)4-5;6-5-9-3-2(4(11)10-5)7-1-8-3;1-2/h6-7H,1-4H2;1H,(H4,6,7,8,9,10,11);1-2H/t6-;;/m0../s1. The first-order chi connectivity index (χ1) is 9.56. The van der Waals surface area contributed by atoms with E-state index in [2.05, 4.69) is 39.4 Å². The smallest absolute Gasteiger partial charge is 0.278 e. The molecule has 1 aliphatic carbocycles. The SMILES string of the molecule is C#C.C=C1CC[C@H](O)C1.Nc1nc2nc[nH]c2c(=O)[nH]1. The second kappa shape index (κ2) is 7.11. The van der Waals surface area contributed by atoms with E-state index in [0.717, 1.165) is 19.3 Å². The summed E-state index contributed by atoms with van der Waals surface area (Å²) in [5.41, 5.74) is 6.85. The summed E-state index contributed by atoms with van der Waals surface area (Å²) in [7, 11) is 0. The van der Waals surface area contributed by atoms with Crippen LogP contribution in [0, 0.1) is 12.8 Å². The number of nitrogens with one attached hydrogen (secondary N) is 2. The van der Waals surface area contributed by atoms with E-state index in [1.54, 1.807) is 0 Å². The van der Waals surface area contributed by atoms with Crippen LogP contribution in [-0.4, -0.2) is 31.1 Å². The maximum atomic E-state index is 11.0. The topological polar surface area (TPSA) is 121 Å². The second-order valence-corrected chi connectivity index (χ2v) is 4.20. The highest BCUT2D eigenvalue weighted by molar-refractivity contribution is 5.69. The van der Waals surface area contributed by atoms with E-state index in [1.165, 1.54) is 11.9 Å². The van der Waals surface area contributed by atoms with Crippen LogP contribution >= 0.6 is 0 Å². The van der Waals surface area contributed by atoms with E-state index < -0.39 is 0 Å². The number of hydrogen-bond donors (Lipinski definition) is 4. The number of aromatic nitrogens is 4. The monoisotopic (exact) mass is 275 g/mol. The number of rotatable bonds is 0. The molecule has 1 atom stereocenters. The molecule has 0 radical (unpaired) electrons. The van der Waals surface area contributed by atoms with Gasteiger partial charge < -0.3 is 15.8 Å². The van der Waals surface area contributed by atoms with Gasteiger partial charge in [-0.15, -0.1) is 12.8 Å². The zero-order valence-corrected chi connectivity index (χ0v) is 11.0. The molecule has 0 aliphatic heterocycles. The Morgan fingerprint density at radius 1 is 1.50 bits per heavy atom. The Morgan fingerprint density at radius 2 is 2.20 bits per heavy atom. The zero-order chi connectivity index (χ0) is 15.1. The molecule has 1 fully saturated rings. The Labute approximate surface area is 116 Å². The van der Waals surface area contributed by atoms with Gasteiger partial charge >= 0.3 is 0 Å². The van der Waals surface area contributed by atoms with Gasteiger partial charge in [-0.3, -0.25) is 9.78 Å². The fraction of sp³-hybridized carbons (Fsp3) is 0.308. The lowest BCUT2D eigenvalue weighted by molar-refractivity contribution is 0.186. The summed E-state index contributed by atoms with van der Waals surface area (Å²) >= 11 is 0. The number of aliphatic hydroxyl groups excluding tert-OH is 1. The summed E-state index contributed by atoms with van der Waals surface area (Å²) in [4.78, 5) is 23.5. The first-order valence-electron chi connectivity index (χ1n) is 5.93. The van der Waals surface area contributed by atoms with E-state index in [4.69, 9.17) is 10.8 Å². The lowest BCUT2D eigenvalue weighted by Crippen LogP contribution is -2.10. The van der Waals surface area contributed by atoms with Gasteiger partial charge in [-0.1, -0.05) is 12.2 Å².